The van der Waals surface area contributed by atoms with E-state index in [1.165, 1.54) is 60.8 Å². The van der Waals surface area contributed by atoms with Crippen LogP contribution in [0, 0.1) is 12.2 Å². The third kappa shape index (κ3) is 22.5. The van der Waals surface area contributed by atoms with Gasteiger partial charge in [-0.15, -0.1) is 12.8 Å². The number of benzene rings is 2. The van der Waals surface area contributed by atoms with Gasteiger partial charge in [0.05, 0.1) is 0 Å². The molecule has 0 aliphatic heterocycles. The monoisotopic (exact) mass is 707 g/mol. The smallest absolute Gasteiger partial charge is 0.269 e. The van der Waals surface area contributed by atoms with Gasteiger partial charge in [-0.3, -0.25) is 12.2 Å². The fraction of sp³-hybridized carbons (Fsp3) is 0.400. The normalized spacial score (nSPS) is 13.2. The molecule has 0 unspecified atom stereocenters. The summed E-state index contributed by atoms with van der Waals surface area (Å²) in [5, 5.41) is 0. The standard InChI is InChI=1S/C16H14.2C9H13.C6H14N.Ga.Zr/c1-3-9-15(10-4-1)13-7-8-14-16-11-5-2-6-12-16;2*1-2-3-6-9-7-4-5-8-9;1-5(2)7-6(3)4;;/h1-14H;2*4,7H,2-3,5-6H2,1H3;5-6H,1-4H3;;/q;3*-1;+1;+2. The van der Waals surface area contributed by atoms with Crippen LogP contribution in [0.25, 0.3) is 12.2 Å². The summed E-state index contributed by atoms with van der Waals surface area (Å²) in [6.45, 7) is 13.3. The average Bonchev–Trinajstić information content (AvgIpc) is 3.74. The first-order chi connectivity index (χ1) is 20.4. The minimum absolute atomic E-state index is 0. The molecule has 2 radical (unpaired) electrons. The molecule has 2 aliphatic rings. The molecule has 2 aromatic rings. The summed E-state index contributed by atoms with van der Waals surface area (Å²) in [7, 11) is 0. The molecule has 226 valence electrons. The number of rotatable bonds is 11. The summed E-state index contributed by atoms with van der Waals surface area (Å²) in [5.41, 5.74) is 5.27. The minimum Gasteiger partial charge on any atom is -0.269 e. The molecule has 0 bridgehead atoms. The Kier molecular flexibility index (Phi) is 26.8. The molecule has 43 heavy (non-hydrogen) atoms. The number of unbranched alkanes of at least 4 members (excludes halogenated alkanes) is 2. The summed E-state index contributed by atoms with van der Waals surface area (Å²) in [5.74, 6) is 0. The third-order valence-electron chi connectivity index (χ3n) is 6.61. The zero-order valence-corrected chi connectivity index (χ0v) is 32.6. The van der Waals surface area contributed by atoms with Crippen molar-refractivity contribution in [3.05, 3.63) is 132 Å². The Morgan fingerprint density at radius 1 is 0.674 bits per heavy atom. The Hall–Kier alpha value is -1.64. The molecule has 0 amide bonds. The van der Waals surface area contributed by atoms with Crippen LogP contribution in [0.1, 0.15) is 104 Å². The molecule has 0 saturated heterocycles. The van der Waals surface area contributed by atoms with E-state index in [4.69, 9.17) is 0 Å². The van der Waals surface area contributed by atoms with E-state index in [1.807, 2.05) is 36.4 Å². The van der Waals surface area contributed by atoms with E-state index in [0.717, 1.165) is 12.8 Å². The second-order valence-electron chi connectivity index (χ2n) is 11.0. The van der Waals surface area contributed by atoms with Crippen LogP contribution in [-0.4, -0.2) is 34.5 Å². The van der Waals surface area contributed by atoms with Gasteiger partial charge in [0.1, 0.15) is 0 Å². The maximum absolute atomic E-state index is 3.30. The maximum atomic E-state index is 3.30. The van der Waals surface area contributed by atoms with E-state index in [1.54, 1.807) is 18.8 Å². The summed E-state index contributed by atoms with van der Waals surface area (Å²) in [4.78, 5) is 0. The molecule has 0 aromatic heterocycles. The van der Waals surface area contributed by atoms with Crippen molar-refractivity contribution in [1.82, 2.24) is 3.61 Å². The van der Waals surface area contributed by atoms with Crippen LogP contribution in [0.4, 0.5) is 0 Å². The van der Waals surface area contributed by atoms with Gasteiger partial charge < -0.3 is 0 Å². The second kappa shape index (κ2) is 27.9. The average molecular weight is 710 g/mol. The van der Waals surface area contributed by atoms with Crippen LogP contribution >= 0.6 is 0 Å². The molecule has 2 aliphatic carbocycles. The molecular weight excluding hydrogens is 655 g/mol. The van der Waals surface area contributed by atoms with Crippen LogP contribution in [0.5, 0.6) is 0 Å². The molecule has 0 atom stereocenters. The fourth-order valence-corrected chi connectivity index (χ4v) is 4.04. The Morgan fingerprint density at radius 3 is 1.30 bits per heavy atom. The van der Waals surface area contributed by atoms with Gasteiger partial charge in [0.15, 0.2) is 0 Å². The first-order valence-electron chi connectivity index (χ1n) is 15.9. The van der Waals surface area contributed by atoms with Crippen LogP contribution in [0.2, 0.25) is 0 Å². The predicted octanol–water partition coefficient (Wildman–Crippen LogP) is 11.3. The molecule has 0 fully saturated rings. The summed E-state index contributed by atoms with van der Waals surface area (Å²) < 4.78 is 2.40. The number of hydrogen-bond donors (Lipinski definition) is 0. The predicted molar refractivity (Wildman–Crippen MR) is 189 cm³/mol. The largest absolute Gasteiger partial charge is 2.00 e. The van der Waals surface area contributed by atoms with Crippen molar-refractivity contribution in [3.63, 3.8) is 0 Å². The zero-order valence-electron chi connectivity index (χ0n) is 27.7. The Balaban J connectivity index is 0.000000571. The molecule has 0 saturated carbocycles. The maximum Gasteiger partial charge on any atom is 2.00 e. The van der Waals surface area contributed by atoms with Crippen molar-refractivity contribution < 1.29 is 26.2 Å². The molecule has 0 heterocycles. The van der Waals surface area contributed by atoms with Gasteiger partial charge in [0.25, 0.3) is 0 Å². The quantitative estimate of drug-likeness (QED) is 0.128. The molecule has 0 N–H and O–H groups in total. The molecule has 0 spiro atoms. The number of hydrogen-bond acceptors (Lipinski definition) is 1. The van der Waals surface area contributed by atoms with Gasteiger partial charge in [-0.2, -0.15) is 12.2 Å². The van der Waals surface area contributed by atoms with Crippen molar-refractivity contribution in [2.75, 3.05) is 0 Å². The summed E-state index contributed by atoms with van der Waals surface area (Å²) >= 11 is 1.72. The van der Waals surface area contributed by atoms with Gasteiger partial charge in [-0.1, -0.05) is 137 Å². The number of allylic oxidation sites excluding steroid dienone is 10. The van der Waals surface area contributed by atoms with Gasteiger partial charge in [-0.05, 0) is 11.1 Å². The van der Waals surface area contributed by atoms with Crippen LogP contribution < -0.4 is 0 Å². The van der Waals surface area contributed by atoms with Crippen LogP contribution in [-0.2, 0) is 26.2 Å². The molecule has 4 rings (SSSR count). The van der Waals surface area contributed by atoms with Crippen molar-refractivity contribution >= 4 is 31.0 Å². The summed E-state index contributed by atoms with van der Waals surface area (Å²) in [6, 6.07) is 22.0. The first kappa shape index (κ1) is 41.4. The van der Waals surface area contributed by atoms with E-state index >= 15 is 0 Å². The van der Waals surface area contributed by atoms with Crippen molar-refractivity contribution in [1.29, 1.82) is 0 Å². The van der Waals surface area contributed by atoms with Crippen LogP contribution in [0.3, 0.4) is 0 Å². The van der Waals surface area contributed by atoms with Gasteiger partial charge in [0.2, 0.25) is 0 Å². The Labute approximate surface area is 295 Å². The van der Waals surface area contributed by atoms with E-state index in [9.17, 15) is 0 Å². The number of nitrogens with zero attached hydrogens (tertiary/aromatic N) is 1. The van der Waals surface area contributed by atoms with Crippen molar-refractivity contribution in [3.8, 4) is 0 Å². The molecular formula is C40H54GaNZr. The van der Waals surface area contributed by atoms with Crippen molar-refractivity contribution in [2.24, 2.45) is 0 Å². The fourth-order valence-electron chi connectivity index (χ4n) is 4.04. The topological polar surface area (TPSA) is 3.24 Å². The van der Waals surface area contributed by atoms with E-state index < -0.39 is 0 Å². The third-order valence-corrected chi connectivity index (χ3v) is 9.11. The zero-order chi connectivity index (χ0) is 30.8. The molecule has 1 nitrogen and oxygen atoms in total. The second-order valence-corrected chi connectivity index (χ2v) is 12.2. The SMILES string of the molecule is C(C=Cc1ccccc1)=Cc1ccccc1.CC(C)[N]([Ga])C(C)C.CCCCC1=[C-]CC=C1.CCCCC1=[C-]CC=C1.[Zr+2]. The van der Waals surface area contributed by atoms with Gasteiger partial charge in [-0.25, -0.2) is 23.3 Å². The van der Waals surface area contributed by atoms with E-state index in [0.29, 0.717) is 12.1 Å². The van der Waals surface area contributed by atoms with Gasteiger partial charge >= 0.3 is 88.4 Å². The summed E-state index contributed by atoms with van der Waals surface area (Å²) in [6.07, 6.45) is 33.4. The Morgan fingerprint density at radius 2 is 1.05 bits per heavy atom. The molecule has 2 aromatic carbocycles. The van der Waals surface area contributed by atoms with Gasteiger partial charge in [0, 0.05) is 0 Å². The van der Waals surface area contributed by atoms with E-state index in [-0.39, 0.29) is 26.2 Å². The van der Waals surface area contributed by atoms with Crippen molar-refractivity contribution in [2.45, 2.75) is 105 Å². The minimum atomic E-state index is 0. The first-order valence-corrected chi connectivity index (χ1v) is 17.0. The van der Waals surface area contributed by atoms with E-state index in [2.05, 4.69) is 130 Å². The van der Waals surface area contributed by atoms with Crippen LogP contribution in [0.15, 0.2) is 108 Å². The molecule has 3 heteroatoms. The Bertz CT molecular complexity index is 1020.